The summed E-state index contributed by atoms with van der Waals surface area (Å²) in [4.78, 5) is 13.3. The van der Waals surface area contributed by atoms with E-state index in [1.165, 1.54) is 4.90 Å². The van der Waals surface area contributed by atoms with Gasteiger partial charge in [-0.15, -0.1) is 0 Å². The Morgan fingerprint density at radius 2 is 2.14 bits per heavy atom. The third-order valence-corrected chi connectivity index (χ3v) is 3.03. The fraction of sp³-hybridized carbons (Fsp3) is 0.333. The molecule has 1 heterocycles. The number of urea groups is 1. The number of benzene rings is 1. The molecule has 0 saturated carbocycles. The van der Waals surface area contributed by atoms with Crippen molar-refractivity contribution in [1.82, 2.24) is 20.0 Å². The van der Waals surface area contributed by atoms with Crippen LogP contribution in [-0.4, -0.2) is 45.5 Å². The molecule has 0 radical (unpaired) electrons. The molecule has 0 aliphatic heterocycles. The van der Waals surface area contributed by atoms with Crippen LogP contribution < -0.4 is 5.32 Å². The highest BCUT2D eigenvalue weighted by atomic mass is 16.3. The van der Waals surface area contributed by atoms with Crippen LogP contribution in [0.1, 0.15) is 12.5 Å². The zero-order valence-corrected chi connectivity index (χ0v) is 12.2. The van der Waals surface area contributed by atoms with E-state index < -0.39 is 6.10 Å². The fourth-order valence-electron chi connectivity index (χ4n) is 1.98. The first-order chi connectivity index (χ1) is 10.1. The van der Waals surface area contributed by atoms with Crippen LogP contribution >= 0.6 is 0 Å². The van der Waals surface area contributed by atoms with Gasteiger partial charge < -0.3 is 15.3 Å². The van der Waals surface area contributed by atoms with Crippen molar-refractivity contribution in [3.05, 3.63) is 48.3 Å². The molecule has 1 atom stereocenters. The van der Waals surface area contributed by atoms with Crippen molar-refractivity contribution in [1.29, 1.82) is 0 Å². The Morgan fingerprint density at radius 1 is 1.43 bits per heavy atom. The molecule has 21 heavy (non-hydrogen) atoms. The SMILES string of the molecule is CC(O)CN(C)C(=O)NCc1ccc(-n2cccn2)cc1. The van der Waals surface area contributed by atoms with E-state index in [4.69, 9.17) is 0 Å². The number of nitrogens with one attached hydrogen (secondary N) is 1. The van der Waals surface area contributed by atoms with E-state index in [1.807, 2.05) is 36.5 Å². The number of likely N-dealkylation sites (N-methyl/N-ethyl adjacent to an activating group) is 1. The first-order valence-corrected chi connectivity index (χ1v) is 6.82. The van der Waals surface area contributed by atoms with Gasteiger partial charge in [0.15, 0.2) is 0 Å². The number of carbonyl (C=O) groups excluding carboxylic acids is 1. The smallest absolute Gasteiger partial charge is 0.317 e. The summed E-state index contributed by atoms with van der Waals surface area (Å²) in [5, 5.41) is 16.2. The largest absolute Gasteiger partial charge is 0.392 e. The maximum atomic E-state index is 11.8. The van der Waals surface area contributed by atoms with Crippen molar-refractivity contribution in [2.75, 3.05) is 13.6 Å². The van der Waals surface area contributed by atoms with Gasteiger partial charge in [-0.2, -0.15) is 5.10 Å². The molecule has 2 amide bonds. The van der Waals surface area contributed by atoms with Crippen LogP contribution in [0.25, 0.3) is 5.69 Å². The van der Waals surface area contributed by atoms with Crippen LogP contribution in [0, 0.1) is 0 Å². The predicted octanol–water partition coefficient (Wildman–Crippen LogP) is 1.39. The number of aromatic nitrogens is 2. The number of aliphatic hydroxyl groups is 1. The molecule has 0 aliphatic carbocycles. The van der Waals surface area contributed by atoms with Crippen LogP contribution in [0.2, 0.25) is 0 Å². The summed E-state index contributed by atoms with van der Waals surface area (Å²) in [7, 11) is 1.66. The number of amides is 2. The first-order valence-electron chi connectivity index (χ1n) is 6.82. The third kappa shape index (κ3) is 4.32. The van der Waals surface area contributed by atoms with Crippen LogP contribution in [-0.2, 0) is 6.54 Å². The van der Waals surface area contributed by atoms with Crippen molar-refractivity contribution >= 4 is 6.03 Å². The molecule has 0 saturated heterocycles. The van der Waals surface area contributed by atoms with E-state index in [0.717, 1.165) is 11.3 Å². The van der Waals surface area contributed by atoms with Gasteiger partial charge in [0, 0.05) is 32.5 Å². The van der Waals surface area contributed by atoms with Crippen molar-refractivity contribution in [3.8, 4) is 5.69 Å². The molecule has 0 fully saturated rings. The molecule has 1 unspecified atom stereocenters. The van der Waals surface area contributed by atoms with Crippen molar-refractivity contribution < 1.29 is 9.90 Å². The minimum absolute atomic E-state index is 0.202. The molecular weight excluding hydrogens is 268 g/mol. The number of aliphatic hydroxyl groups excluding tert-OH is 1. The molecule has 0 bridgehead atoms. The lowest BCUT2D eigenvalue weighted by atomic mass is 10.2. The molecule has 112 valence electrons. The Hall–Kier alpha value is -2.34. The number of rotatable bonds is 5. The number of hydrogen-bond acceptors (Lipinski definition) is 3. The molecule has 1 aromatic heterocycles. The molecule has 6 heteroatoms. The number of hydrogen-bond donors (Lipinski definition) is 2. The summed E-state index contributed by atoms with van der Waals surface area (Å²) in [6.07, 6.45) is 3.07. The average Bonchev–Trinajstić information content (AvgIpc) is 2.98. The highest BCUT2D eigenvalue weighted by Crippen LogP contribution is 2.08. The second kappa shape index (κ2) is 6.90. The maximum absolute atomic E-state index is 11.8. The van der Waals surface area contributed by atoms with E-state index in [9.17, 15) is 9.90 Å². The van der Waals surface area contributed by atoms with E-state index in [-0.39, 0.29) is 6.03 Å². The highest BCUT2D eigenvalue weighted by molar-refractivity contribution is 5.73. The number of carbonyl (C=O) groups is 1. The van der Waals surface area contributed by atoms with Crippen LogP contribution in [0.3, 0.4) is 0 Å². The van der Waals surface area contributed by atoms with Gasteiger partial charge in [0.05, 0.1) is 11.8 Å². The van der Waals surface area contributed by atoms with Crippen LogP contribution in [0.4, 0.5) is 4.79 Å². The molecule has 6 nitrogen and oxygen atoms in total. The van der Waals surface area contributed by atoms with Gasteiger partial charge in [-0.3, -0.25) is 0 Å². The second-order valence-electron chi connectivity index (χ2n) is 5.01. The fourth-order valence-corrected chi connectivity index (χ4v) is 1.98. The highest BCUT2D eigenvalue weighted by Gasteiger charge is 2.10. The van der Waals surface area contributed by atoms with E-state index >= 15 is 0 Å². The van der Waals surface area contributed by atoms with Gasteiger partial charge in [-0.25, -0.2) is 9.48 Å². The molecular formula is C15H20N4O2. The Labute approximate surface area is 124 Å². The van der Waals surface area contributed by atoms with Gasteiger partial charge >= 0.3 is 6.03 Å². The second-order valence-corrected chi connectivity index (χ2v) is 5.01. The molecule has 0 aliphatic rings. The van der Waals surface area contributed by atoms with E-state index in [1.54, 1.807) is 24.9 Å². The summed E-state index contributed by atoms with van der Waals surface area (Å²) < 4.78 is 1.78. The Kier molecular flexibility index (Phi) is 4.94. The lowest BCUT2D eigenvalue weighted by Gasteiger charge is -2.19. The molecule has 2 N–H and O–H groups in total. The van der Waals surface area contributed by atoms with Crippen LogP contribution in [0.15, 0.2) is 42.7 Å². The minimum atomic E-state index is -0.533. The lowest BCUT2D eigenvalue weighted by molar-refractivity contribution is 0.143. The summed E-state index contributed by atoms with van der Waals surface area (Å²) in [5.74, 6) is 0. The summed E-state index contributed by atoms with van der Waals surface area (Å²) >= 11 is 0. The quantitative estimate of drug-likeness (QED) is 0.873. The molecule has 2 aromatic rings. The Balaban J connectivity index is 1.88. The summed E-state index contributed by atoms with van der Waals surface area (Å²) in [5.41, 5.74) is 1.98. The minimum Gasteiger partial charge on any atom is -0.392 e. The summed E-state index contributed by atoms with van der Waals surface area (Å²) in [6.45, 7) is 2.41. The van der Waals surface area contributed by atoms with Gasteiger partial charge in [-0.05, 0) is 30.7 Å². The predicted molar refractivity (Wildman–Crippen MR) is 80.1 cm³/mol. The van der Waals surface area contributed by atoms with Crippen molar-refractivity contribution in [3.63, 3.8) is 0 Å². The average molecular weight is 288 g/mol. The van der Waals surface area contributed by atoms with Crippen molar-refractivity contribution in [2.24, 2.45) is 0 Å². The maximum Gasteiger partial charge on any atom is 0.317 e. The molecule has 2 rings (SSSR count). The van der Waals surface area contributed by atoms with Crippen LogP contribution in [0.5, 0.6) is 0 Å². The Bertz CT molecular complexity index is 564. The van der Waals surface area contributed by atoms with Gasteiger partial charge in [0.25, 0.3) is 0 Å². The van der Waals surface area contributed by atoms with E-state index in [2.05, 4.69) is 10.4 Å². The standard InChI is InChI=1S/C15H20N4O2/c1-12(20)11-18(2)15(21)16-10-13-4-6-14(7-5-13)19-9-3-8-17-19/h3-9,12,20H,10-11H2,1-2H3,(H,16,21). The Morgan fingerprint density at radius 3 is 2.71 bits per heavy atom. The van der Waals surface area contributed by atoms with E-state index in [0.29, 0.717) is 13.1 Å². The first kappa shape index (κ1) is 15.1. The molecule has 1 aromatic carbocycles. The lowest BCUT2D eigenvalue weighted by Crippen LogP contribution is -2.40. The topological polar surface area (TPSA) is 70.4 Å². The summed E-state index contributed by atoms with van der Waals surface area (Å²) in [6, 6.07) is 9.47. The van der Waals surface area contributed by atoms with Gasteiger partial charge in [0.2, 0.25) is 0 Å². The molecule has 0 spiro atoms. The van der Waals surface area contributed by atoms with Gasteiger partial charge in [0.1, 0.15) is 0 Å². The number of nitrogens with zero attached hydrogens (tertiary/aromatic N) is 3. The zero-order chi connectivity index (χ0) is 15.2. The normalized spacial score (nSPS) is 12.0. The monoisotopic (exact) mass is 288 g/mol. The van der Waals surface area contributed by atoms with Gasteiger partial charge in [-0.1, -0.05) is 12.1 Å². The van der Waals surface area contributed by atoms with Crippen molar-refractivity contribution in [2.45, 2.75) is 19.6 Å². The third-order valence-electron chi connectivity index (χ3n) is 3.03. The zero-order valence-electron chi connectivity index (χ0n) is 12.2.